The summed E-state index contributed by atoms with van der Waals surface area (Å²) < 4.78 is 0. The standard InChI is InChI=1S/C29H42N4OS/c1-5-20(6-2)25-17-22(21-11-8-7-9-12-21)14-16-33(25)27(34)23-18-30-19-29(23)15-10-13-24-26(29)35-28(31-24)32(3)4/h7-9,11-12,20,22-23,25,30H,5-6,10,13-19H2,1-4H3/p+3/t22-,23+,25+,29-/m1/s1. The number of quaternary nitrogens is 2. The average Bonchev–Trinajstić information content (AvgIpc) is 3.51. The van der Waals surface area contributed by atoms with Gasteiger partial charge in [-0.2, -0.15) is 4.98 Å². The van der Waals surface area contributed by atoms with E-state index in [1.54, 1.807) is 0 Å². The summed E-state index contributed by atoms with van der Waals surface area (Å²) >= 11 is 1.94. The van der Waals surface area contributed by atoms with Crippen LogP contribution in [0.2, 0.25) is 0 Å². The van der Waals surface area contributed by atoms with Gasteiger partial charge in [0.25, 0.3) is 0 Å². The topological polar surface area (TPSA) is 55.5 Å². The first kappa shape index (κ1) is 24.9. The molecule has 2 fully saturated rings. The highest BCUT2D eigenvalue weighted by molar-refractivity contribution is 7.14. The highest BCUT2D eigenvalue weighted by atomic mass is 32.1. The molecule has 2 aromatic rings. The minimum atomic E-state index is 0.00822. The van der Waals surface area contributed by atoms with Crippen LogP contribution in [0.15, 0.2) is 30.3 Å². The maximum Gasteiger partial charge on any atom is 0.426 e. The summed E-state index contributed by atoms with van der Waals surface area (Å²) in [6.45, 7) is 7.53. The molecule has 35 heavy (non-hydrogen) atoms. The van der Waals surface area contributed by atoms with Crippen molar-refractivity contribution in [2.45, 2.75) is 76.2 Å². The minimum Gasteiger partial charge on any atom is -0.345 e. The van der Waals surface area contributed by atoms with Gasteiger partial charge in [-0.05, 0) is 54.4 Å². The molecule has 2 aliphatic heterocycles. The fourth-order valence-corrected chi connectivity index (χ4v) is 8.79. The Morgan fingerprint density at radius 3 is 2.74 bits per heavy atom. The van der Waals surface area contributed by atoms with Crippen molar-refractivity contribution in [2.75, 3.05) is 33.7 Å². The molecule has 4 atom stereocenters. The first-order valence-corrected chi connectivity index (χ1v) is 14.8. The number of nitrogens with zero attached hydrogens (tertiary/aromatic N) is 1. The number of carbonyl (C=O) groups excluding carboxylic acids is 1. The van der Waals surface area contributed by atoms with Crippen LogP contribution in [0, 0.1) is 11.8 Å². The number of fused-ring (bicyclic) bond motifs is 2. The Morgan fingerprint density at radius 1 is 1.26 bits per heavy atom. The maximum absolute atomic E-state index is 14.5. The Bertz CT molecular complexity index is 1020. The third-order valence-electron chi connectivity index (χ3n) is 9.37. The number of piperidine rings is 1. The van der Waals surface area contributed by atoms with Gasteiger partial charge in [-0.3, -0.25) is 4.79 Å². The summed E-state index contributed by atoms with van der Waals surface area (Å²) in [5, 5.41) is 3.73. The van der Waals surface area contributed by atoms with Crippen LogP contribution < -0.4 is 15.2 Å². The molecule has 0 radical (unpaired) electrons. The molecule has 1 aromatic carbocycles. The van der Waals surface area contributed by atoms with Gasteiger partial charge in [0, 0.05) is 19.0 Å². The van der Waals surface area contributed by atoms with Crippen molar-refractivity contribution in [3.8, 4) is 0 Å². The number of nitrogens with one attached hydrogen (secondary N) is 2. The molecule has 1 amide bonds. The number of thiazole rings is 1. The van der Waals surface area contributed by atoms with Crippen molar-refractivity contribution in [1.82, 2.24) is 4.90 Å². The van der Waals surface area contributed by atoms with Crippen molar-refractivity contribution in [3.63, 3.8) is 0 Å². The third kappa shape index (κ3) is 4.47. The number of H-pyrrole nitrogens is 1. The van der Waals surface area contributed by atoms with Crippen LogP contribution in [0.1, 0.15) is 74.4 Å². The molecular weight excluding hydrogens is 452 g/mol. The predicted octanol–water partition coefficient (Wildman–Crippen LogP) is 2.32. The first-order valence-electron chi connectivity index (χ1n) is 14.0. The fraction of sp³-hybridized carbons (Fsp3) is 0.655. The number of hydrogen-bond acceptors (Lipinski definition) is 2. The lowest BCUT2D eigenvalue weighted by molar-refractivity contribution is -0.823. The van der Waals surface area contributed by atoms with Crippen molar-refractivity contribution >= 4 is 22.4 Å². The molecule has 5 rings (SSSR count). The summed E-state index contributed by atoms with van der Waals surface area (Å²) in [4.78, 5) is 23.5. The number of benzene rings is 1. The molecule has 3 aliphatic rings. The van der Waals surface area contributed by atoms with Crippen LogP contribution >= 0.6 is 11.3 Å². The van der Waals surface area contributed by atoms with E-state index in [9.17, 15) is 4.79 Å². The molecule has 2 saturated heterocycles. The Balaban J connectivity index is 1.45. The van der Waals surface area contributed by atoms with E-state index in [0.717, 1.165) is 58.2 Å². The van der Waals surface area contributed by atoms with E-state index in [1.807, 2.05) is 11.3 Å². The Morgan fingerprint density at radius 2 is 2.03 bits per heavy atom. The number of carbonyl (C=O) groups is 1. The van der Waals surface area contributed by atoms with Gasteiger partial charge in [0.15, 0.2) is 5.69 Å². The zero-order valence-electron chi connectivity index (χ0n) is 22.1. The number of rotatable bonds is 6. The monoisotopic (exact) mass is 497 g/mol. The van der Waals surface area contributed by atoms with Crippen LogP contribution in [-0.2, 0) is 16.6 Å². The molecule has 1 spiro atoms. The highest BCUT2D eigenvalue weighted by Crippen LogP contribution is 2.47. The summed E-state index contributed by atoms with van der Waals surface area (Å²) in [7, 11) is 4.39. The first-order chi connectivity index (χ1) is 17.0. The number of aryl methyl sites for hydroxylation is 1. The highest BCUT2D eigenvalue weighted by Gasteiger charge is 2.58. The van der Waals surface area contributed by atoms with Gasteiger partial charge in [-0.15, -0.1) is 0 Å². The van der Waals surface area contributed by atoms with Crippen LogP contribution in [0.5, 0.6) is 0 Å². The molecule has 3 heterocycles. The maximum atomic E-state index is 14.5. The van der Waals surface area contributed by atoms with E-state index in [1.165, 1.54) is 32.6 Å². The number of amides is 1. The number of aromatic nitrogens is 1. The SMILES string of the molecule is CCC(CC)[C@@H]1C[C@H](c2ccccc2)CCN1C(=O)[C@@H]1C[NH2+]C[C@]12CCCc1[nH+]c([NH+](C)C)sc12. The predicted molar refractivity (Wildman–Crippen MR) is 141 cm³/mol. The average molecular weight is 498 g/mol. The molecular formula is C29H45N4OS+3. The number of aromatic amines is 1. The van der Waals surface area contributed by atoms with E-state index in [-0.39, 0.29) is 11.3 Å². The molecule has 0 unspecified atom stereocenters. The van der Waals surface area contributed by atoms with Crippen molar-refractivity contribution < 1.29 is 20.0 Å². The van der Waals surface area contributed by atoms with E-state index >= 15 is 0 Å². The third-order valence-corrected chi connectivity index (χ3v) is 10.9. The quantitative estimate of drug-likeness (QED) is 0.632. The molecule has 5 nitrogen and oxygen atoms in total. The Kier molecular flexibility index (Phi) is 7.34. The van der Waals surface area contributed by atoms with Gasteiger partial charge in [-0.25, -0.2) is 4.90 Å². The summed E-state index contributed by atoms with van der Waals surface area (Å²) in [5.41, 5.74) is 2.87. The number of hydrogen-bond donors (Lipinski definition) is 2. The molecule has 1 aliphatic carbocycles. The van der Waals surface area contributed by atoms with Gasteiger partial charge in [0.1, 0.15) is 5.92 Å². The lowest BCUT2D eigenvalue weighted by atomic mass is 9.68. The molecule has 0 bridgehead atoms. The van der Waals surface area contributed by atoms with Crippen molar-refractivity contribution in [1.29, 1.82) is 0 Å². The molecule has 6 heteroatoms. The molecule has 1 aromatic heterocycles. The second-order valence-corrected chi connectivity index (χ2v) is 12.5. The van der Waals surface area contributed by atoms with Gasteiger partial charge in [0.2, 0.25) is 5.91 Å². The van der Waals surface area contributed by atoms with Crippen LogP contribution in [0.25, 0.3) is 0 Å². The van der Waals surface area contributed by atoms with Gasteiger partial charge in [-0.1, -0.05) is 57.0 Å². The zero-order valence-corrected chi connectivity index (χ0v) is 22.9. The van der Waals surface area contributed by atoms with E-state index in [0.29, 0.717) is 23.8 Å². The van der Waals surface area contributed by atoms with Gasteiger partial charge < -0.3 is 10.2 Å². The van der Waals surface area contributed by atoms with Crippen LogP contribution in [-0.4, -0.2) is 50.6 Å². The lowest BCUT2D eigenvalue weighted by Crippen LogP contribution is -3.01. The molecule has 190 valence electrons. The minimum absolute atomic E-state index is 0.00822. The lowest BCUT2D eigenvalue weighted by Gasteiger charge is -2.45. The van der Waals surface area contributed by atoms with E-state index in [2.05, 4.69) is 73.5 Å². The zero-order chi connectivity index (χ0) is 24.6. The fourth-order valence-electron chi connectivity index (χ4n) is 7.40. The summed E-state index contributed by atoms with van der Waals surface area (Å²) in [6, 6.07) is 11.4. The number of nitrogens with two attached hydrogens (primary N) is 1. The largest absolute Gasteiger partial charge is 0.426 e. The summed E-state index contributed by atoms with van der Waals surface area (Å²) in [6.07, 6.45) is 7.95. The van der Waals surface area contributed by atoms with E-state index < -0.39 is 0 Å². The molecule has 0 saturated carbocycles. The Labute approximate surface area is 215 Å². The Hall–Kier alpha value is -1.76. The van der Waals surface area contributed by atoms with Crippen molar-refractivity contribution in [3.05, 3.63) is 46.5 Å². The normalized spacial score (nSPS) is 28.7. The van der Waals surface area contributed by atoms with Crippen LogP contribution in [0.4, 0.5) is 5.13 Å². The second-order valence-electron chi connectivity index (χ2n) is 11.5. The van der Waals surface area contributed by atoms with Crippen LogP contribution in [0.3, 0.4) is 0 Å². The molecule has 4 N–H and O–H groups in total. The smallest absolute Gasteiger partial charge is 0.345 e. The summed E-state index contributed by atoms with van der Waals surface area (Å²) in [5.74, 6) is 1.69. The second kappa shape index (κ2) is 10.3. The number of likely N-dealkylation sites (tertiary alicyclic amines) is 1. The van der Waals surface area contributed by atoms with Crippen molar-refractivity contribution in [2.24, 2.45) is 11.8 Å². The van der Waals surface area contributed by atoms with Gasteiger partial charge >= 0.3 is 5.13 Å². The van der Waals surface area contributed by atoms with E-state index in [4.69, 9.17) is 0 Å². The van der Waals surface area contributed by atoms with Gasteiger partial charge in [0.05, 0.1) is 37.5 Å².